The van der Waals surface area contributed by atoms with Crippen LogP contribution < -0.4 is 10.6 Å². The third-order valence-corrected chi connectivity index (χ3v) is 3.77. The third-order valence-electron chi connectivity index (χ3n) is 3.77. The summed E-state index contributed by atoms with van der Waals surface area (Å²) in [5, 5.41) is 6.27. The van der Waals surface area contributed by atoms with Gasteiger partial charge in [0, 0.05) is 12.6 Å². The van der Waals surface area contributed by atoms with Crippen molar-refractivity contribution in [1.29, 1.82) is 0 Å². The highest BCUT2D eigenvalue weighted by Gasteiger charge is 2.26. The number of nitrogens with zero attached hydrogens (tertiary/aromatic N) is 1. The Balaban J connectivity index is 0.00000400. The Morgan fingerprint density at radius 3 is 2.24 bits per heavy atom. The van der Waals surface area contributed by atoms with Crippen LogP contribution in [-0.4, -0.2) is 31.3 Å². The molecule has 0 spiro atoms. The molecule has 126 valence electrons. The van der Waals surface area contributed by atoms with Crippen LogP contribution in [0.5, 0.6) is 0 Å². The van der Waals surface area contributed by atoms with Gasteiger partial charge in [-0.05, 0) is 38.5 Å². The molecule has 0 aromatic rings. The van der Waals surface area contributed by atoms with Crippen molar-refractivity contribution in [3.8, 4) is 0 Å². The van der Waals surface area contributed by atoms with Crippen LogP contribution in [0.25, 0.3) is 0 Å². The summed E-state index contributed by atoms with van der Waals surface area (Å²) in [6.45, 7) is 4.56. The molecule has 1 saturated carbocycles. The Labute approximate surface area is 142 Å². The Morgan fingerprint density at radius 1 is 1.14 bits per heavy atom. The Bertz CT molecular complexity index is 300. The van der Waals surface area contributed by atoms with Crippen LogP contribution in [0.1, 0.15) is 52.4 Å². The van der Waals surface area contributed by atoms with Crippen molar-refractivity contribution >= 4 is 29.9 Å². The van der Waals surface area contributed by atoms with Crippen LogP contribution >= 0.6 is 24.0 Å². The summed E-state index contributed by atoms with van der Waals surface area (Å²) in [6, 6.07) is 0.335. The van der Waals surface area contributed by atoms with Gasteiger partial charge >= 0.3 is 6.18 Å². The topological polar surface area (TPSA) is 36.4 Å². The summed E-state index contributed by atoms with van der Waals surface area (Å²) in [5.74, 6) is 1.31. The molecule has 7 heteroatoms. The highest BCUT2D eigenvalue weighted by atomic mass is 127. The molecule has 0 heterocycles. The summed E-state index contributed by atoms with van der Waals surface area (Å²) in [4.78, 5) is 4.01. The molecule has 0 saturated heterocycles. The lowest BCUT2D eigenvalue weighted by molar-refractivity contribution is -0.132. The monoisotopic (exact) mass is 421 g/mol. The van der Waals surface area contributed by atoms with E-state index in [0.29, 0.717) is 18.5 Å². The maximum atomic E-state index is 12.1. The fourth-order valence-electron chi connectivity index (χ4n) is 2.52. The molecule has 0 aromatic heterocycles. The lowest BCUT2D eigenvalue weighted by atomic mass is 9.84. The molecular weight excluding hydrogens is 394 g/mol. The van der Waals surface area contributed by atoms with E-state index < -0.39 is 12.6 Å². The molecule has 0 atom stereocenters. The zero-order valence-electron chi connectivity index (χ0n) is 12.8. The van der Waals surface area contributed by atoms with Crippen LogP contribution in [0.15, 0.2) is 4.99 Å². The molecule has 0 aromatic carbocycles. The van der Waals surface area contributed by atoms with Crippen LogP contribution in [0, 0.1) is 5.92 Å². The number of hydrogen-bond donors (Lipinski definition) is 2. The smallest absolute Gasteiger partial charge is 0.357 e. The van der Waals surface area contributed by atoms with E-state index in [1.165, 1.54) is 19.3 Å². The lowest BCUT2D eigenvalue weighted by Crippen LogP contribution is -2.45. The second-order valence-electron chi connectivity index (χ2n) is 5.40. The second kappa shape index (κ2) is 10.5. The SMILES string of the molecule is CCNC(=NCCC(F)(F)F)NC1CCC(CC)CC1.I. The van der Waals surface area contributed by atoms with Crippen molar-refractivity contribution < 1.29 is 13.2 Å². The van der Waals surface area contributed by atoms with E-state index in [1.54, 1.807) is 0 Å². The Hall–Kier alpha value is -0.210. The maximum Gasteiger partial charge on any atom is 0.390 e. The number of rotatable bonds is 5. The van der Waals surface area contributed by atoms with Gasteiger partial charge in [0.2, 0.25) is 0 Å². The van der Waals surface area contributed by atoms with E-state index in [4.69, 9.17) is 0 Å². The first-order valence-electron chi connectivity index (χ1n) is 7.56. The largest absolute Gasteiger partial charge is 0.390 e. The molecule has 0 bridgehead atoms. The molecule has 1 fully saturated rings. The van der Waals surface area contributed by atoms with Gasteiger partial charge in [0.25, 0.3) is 0 Å². The van der Waals surface area contributed by atoms with Gasteiger partial charge in [-0.2, -0.15) is 13.2 Å². The normalized spacial score (nSPS) is 23.4. The van der Waals surface area contributed by atoms with Crippen molar-refractivity contribution in [2.75, 3.05) is 13.1 Å². The van der Waals surface area contributed by atoms with Gasteiger partial charge in [-0.15, -0.1) is 24.0 Å². The zero-order chi connectivity index (χ0) is 15.0. The van der Waals surface area contributed by atoms with E-state index >= 15 is 0 Å². The molecule has 21 heavy (non-hydrogen) atoms. The molecule has 1 aliphatic rings. The number of halogens is 4. The summed E-state index contributed by atoms with van der Waals surface area (Å²) in [6.07, 6.45) is 0.731. The second-order valence-corrected chi connectivity index (χ2v) is 5.40. The molecule has 3 nitrogen and oxygen atoms in total. The summed E-state index contributed by atoms with van der Waals surface area (Å²) in [7, 11) is 0. The summed E-state index contributed by atoms with van der Waals surface area (Å²) in [5.41, 5.74) is 0. The number of hydrogen-bond acceptors (Lipinski definition) is 1. The predicted octanol–water partition coefficient (Wildman–Crippen LogP) is 4.08. The van der Waals surface area contributed by atoms with Crippen LogP contribution in [-0.2, 0) is 0 Å². The quantitative estimate of drug-likeness (QED) is 0.399. The standard InChI is InChI=1S/C14H26F3N3.HI/c1-3-11-5-7-12(8-6-11)20-13(18-4-2)19-10-9-14(15,16)17;/h11-12H,3-10H2,1-2H3,(H2,18,19,20);1H. The van der Waals surface area contributed by atoms with E-state index in [0.717, 1.165) is 18.8 Å². The van der Waals surface area contributed by atoms with Gasteiger partial charge in [0.1, 0.15) is 0 Å². The van der Waals surface area contributed by atoms with E-state index in [2.05, 4.69) is 22.5 Å². The first-order valence-corrected chi connectivity index (χ1v) is 7.56. The fraction of sp³-hybridized carbons (Fsp3) is 0.929. The predicted molar refractivity (Wildman–Crippen MR) is 91.2 cm³/mol. The van der Waals surface area contributed by atoms with Crippen molar-refractivity contribution in [3.05, 3.63) is 0 Å². The van der Waals surface area contributed by atoms with Gasteiger partial charge in [-0.25, -0.2) is 0 Å². The maximum absolute atomic E-state index is 12.1. The minimum Gasteiger partial charge on any atom is -0.357 e. The molecule has 0 aliphatic heterocycles. The van der Waals surface area contributed by atoms with Crippen molar-refractivity contribution in [2.45, 2.75) is 64.6 Å². The number of alkyl halides is 3. The van der Waals surface area contributed by atoms with Crippen LogP contribution in [0.3, 0.4) is 0 Å². The summed E-state index contributed by atoms with van der Waals surface area (Å²) >= 11 is 0. The highest BCUT2D eigenvalue weighted by molar-refractivity contribution is 14.0. The van der Waals surface area contributed by atoms with Gasteiger partial charge in [0.15, 0.2) is 5.96 Å². The first kappa shape index (κ1) is 20.8. The average Bonchev–Trinajstić information content (AvgIpc) is 2.38. The van der Waals surface area contributed by atoms with Gasteiger partial charge in [0.05, 0.1) is 13.0 Å². The van der Waals surface area contributed by atoms with Crippen molar-refractivity contribution in [1.82, 2.24) is 10.6 Å². The van der Waals surface area contributed by atoms with Crippen molar-refractivity contribution in [2.24, 2.45) is 10.9 Å². The lowest BCUT2D eigenvalue weighted by Gasteiger charge is -2.29. The van der Waals surface area contributed by atoms with E-state index in [9.17, 15) is 13.2 Å². The molecule has 0 amide bonds. The first-order chi connectivity index (χ1) is 9.44. The highest BCUT2D eigenvalue weighted by Crippen LogP contribution is 2.26. The van der Waals surface area contributed by atoms with E-state index in [1.807, 2.05) is 6.92 Å². The zero-order valence-corrected chi connectivity index (χ0v) is 15.1. The Morgan fingerprint density at radius 2 is 1.76 bits per heavy atom. The molecular formula is C14H27F3IN3. The Kier molecular flexibility index (Phi) is 10.4. The average molecular weight is 421 g/mol. The fourth-order valence-corrected chi connectivity index (χ4v) is 2.52. The molecule has 0 unspecified atom stereocenters. The van der Waals surface area contributed by atoms with Gasteiger partial charge in [-0.3, -0.25) is 4.99 Å². The minimum absolute atomic E-state index is 0. The summed E-state index contributed by atoms with van der Waals surface area (Å²) < 4.78 is 36.4. The number of nitrogens with one attached hydrogen (secondary N) is 2. The number of aliphatic imine (C=N–C) groups is 1. The number of guanidine groups is 1. The van der Waals surface area contributed by atoms with Crippen LogP contribution in [0.4, 0.5) is 13.2 Å². The minimum atomic E-state index is -4.14. The molecule has 1 rings (SSSR count). The van der Waals surface area contributed by atoms with Gasteiger partial charge < -0.3 is 10.6 Å². The molecule has 2 N–H and O–H groups in total. The van der Waals surface area contributed by atoms with E-state index in [-0.39, 0.29) is 30.5 Å². The van der Waals surface area contributed by atoms with Gasteiger partial charge in [-0.1, -0.05) is 13.3 Å². The molecule has 0 radical (unpaired) electrons. The molecule has 1 aliphatic carbocycles. The third kappa shape index (κ3) is 9.42. The van der Waals surface area contributed by atoms with Crippen LogP contribution in [0.2, 0.25) is 0 Å². The van der Waals surface area contributed by atoms with Crippen molar-refractivity contribution in [3.63, 3.8) is 0 Å².